The quantitative estimate of drug-likeness (QED) is 0.784. The maximum Gasteiger partial charge on any atom is 0.313 e. The summed E-state index contributed by atoms with van der Waals surface area (Å²) >= 11 is 1.24. The number of morpholine rings is 1. The van der Waals surface area contributed by atoms with Crippen molar-refractivity contribution in [2.75, 3.05) is 37.1 Å². The molecule has 1 aromatic rings. The van der Waals surface area contributed by atoms with Gasteiger partial charge in [-0.15, -0.1) is 0 Å². The minimum Gasteiger partial charge on any atom is -0.481 e. The zero-order chi connectivity index (χ0) is 12.3. The SMILES string of the molecule is Cc1cn(N2CCOCC2)c(SCC(=O)O)n1. The summed E-state index contributed by atoms with van der Waals surface area (Å²) < 4.78 is 7.23. The monoisotopic (exact) mass is 257 g/mol. The molecule has 0 bridgehead atoms. The molecular weight excluding hydrogens is 242 g/mol. The third-order valence-electron chi connectivity index (χ3n) is 2.39. The lowest BCUT2D eigenvalue weighted by Crippen LogP contribution is -2.44. The smallest absolute Gasteiger partial charge is 0.313 e. The molecule has 0 aliphatic carbocycles. The van der Waals surface area contributed by atoms with Crippen LogP contribution in [0.2, 0.25) is 0 Å². The molecule has 0 spiro atoms. The van der Waals surface area contributed by atoms with E-state index in [2.05, 4.69) is 9.99 Å². The van der Waals surface area contributed by atoms with E-state index in [0.717, 1.165) is 23.9 Å². The Bertz CT molecular complexity index is 402. The number of rotatable bonds is 4. The zero-order valence-electron chi connectivity index (χ0n) is 9.63. The van der Waals surface area contributed by atoms with E-state index in [4.69, 9.17) is 9.84 Å². The number of nitrogens with zero attached hydrogens (tertiary/aromatic N) is 3. The van der Waals surface area contributed by atoms with E-state index in [1.807, 2.05) is 17.8 Å². The van der Waals surface area contributed by atoms with Gasteiger partial charge < -0.3 is 14.9 Å². The fourth-order valence-corrected chi connectivity index (χ4v) is 2.42. The summed E-state index contributed by atoms with van der Waals surface area (Å²) in [7, 11) is 0. The second kappa shape index (κ2) is 5.42. The normalized spacial score (nSPS) is 16.2. The Labute approximate surface area is 104 Å². The van der Waals surface area contributed by atoms with Crippen molar-refractivity contribution in [1.29, 1.82) is 0 Å². The van der Waals surface area contributed by atoms with Gasteiger partial charge in [0, 0.05) is 0 Å². The van der Waals surface area contributed by atoms with E-state index in [1.165, 1.54) is 11.8 Å². The Hall–Kier alpha value is -1.21. The molecule has 1 N–H and O–H groups in total. The van der Waals surface area contributed by atoms with E-state index in [-0.39, 0.29) is 5.75 Å². The Balaban J connectivity index is 2.11. The van der Waals surface area contributed by atoms with E-state index >= 15 is 0 Å². The molecule has 2 rings (SSSR count). The molecule has 2 heterocycles. The number of carbonyl (C=O) groups is 1. The summed E-state index contributed by atoms with van der Waals surface area (Å²) in [6, 6.07) is 0. The topological polar surface area (TPSA) is 67.6 Å². The van der Waals surface area contributed by atoms with Crippen LogP contribution in [0.3, 0.4) is 0 Å². The Morgan fingerprint density at radius 2 is 2.29 bits per heavy atom. The van der Waals surface area contributed by atoms with Crippen molar-refractivity contribution in [1.82, 2.24) is 9.66 Å². The van der Waals surface area contributed by atoms with Gasteiger partial charge >= 0.3 is 5.97 Å². The number of hydrogen-bond acceptors (Lipinski definition) is 5. The van der Waals surface area contributed by atoms with E-state index in [9.17, 15) is 4.79 Å². The minimum atomic E-state index is -0.829. The van der Waals surface area contributed by atoms with Crippen LogP contribution in [0.1, 0.15) is 5.69 Å². The minimum absolute atomic E-state index is 0.0286. The summed E-state index contributed by atoms with van der Waals surface area (Å²) in [5, 5.41) is 11.5. The van der Waals surface area contributed by atoms with E-state index in [0.29, 0.717) is 13.2 Å². The fourth-order valence-electron chi connectivity index (χ4n) is 1.66. The highest BCUT2D eigenvalue weighted by molar-refractivity contribution is 7.99. The van der Waals surface area contributed by atoms with Gasteiger partial charge in [0.15, 0.2) is 5.16 Å². The summed E-state index contributed by atoms with van der Waals surface area (Å²) in [5.74, 6) is -0.801. The molecule has 0 aromatic carbocycles. The van der Waals surface area contributed by atoms with Crippen molar-refractivity contribution < 1.29 is 14.6 Å². The number of aliphatic carboxylic acids is 1. The molecule has 7 heteroatoms. The third kappa shape index (κ3) is 3.13. The second-order valence-corrected chi connectivity index (χ2v) is 4.70. The first-order chi connectivity index (χ1) is 8.16. The van der Waals surface area contributed by atoms with E-state index < -0.39 is 5.97 Å². The maximum absolute atomic E-state index is 10.6. The van der Waals surface area contributed by atoms with E-state index in [1.54, 1.807) is 0 Å². The van der Waals surface area contributed by atoms with Gasteiger partial charge in [-0.3, -0.25) is 4.79 Å². The lowest BCUT2D eigenvalue weighted by atomic mass is 10.5. The largest absolute Gasteiger partial charge is 0.481 e. The van der Waals surface area contributed by atoms with Crippen LogP contribution >= 0.6 is 11.8 Å². The van der Waals surface area contributed by atoms with Crippen LogP contribution in [0.25, 0.3) is 0 Å². The van der Waals surface area contributed by atoms with Crippen LogP contribution in [0.5, 0.6) is 0 Å². The first-order valence-corrected chi connectivity index (χ1v) is 6.39. The molecular formula is C10H15N3O3S. The third-order valence-corrected chi connectivity index (χ3v) is 3.32. The fraction of sp³-hybridized carbons (Fsp3) is 0.600. The maximum atomic E-state index is 10.6. The van der Waals surface area contributed by atoms with Gasteiger partial charge in [0.05, 0.1) is 43.9 Å². The number of carboxylic acids is 1. The number of ether oxygens (including phenoxy) is 1. The standard InChI is InChI=1S/C10H15N3O3S/c1-8-6-13(12-2-4-16-5-3-12)10(11-8)17-7-9(14)15/h6H,2-5,7H2,1H3,(H,14,15). The first kappa shape index (κ1) is 12.3. The predicted molar refractivity (Wildman–Crippen MR) is 64.1 cm³/mol. The van der Waals surface area contributed by atoms with Crippen molar-refractivity contribution in [2.45, 2.75) is 12.1 Å². The molecule has 1 aliphatic rings. The summed E-state index contributed by atoms with van der Waals surface area (Å²) in [6.45, 7) is 4.90. The van der Waals surface area contributed by atoms with Gasteiger partial charge in [0.2, 0.25) is 0 Å². The first-order valence-electron chi connectivity index (χ1n) is 5.40. The Morgan fingerprint density at radius 1 is 1.59 bits per heavy atom. The number of aryl methyl sites for hydroxylation is 1. The van der Waals surface area contributed by atoms with Crippen LogP contribution in [-0.4, -0.2) is 52.8 Å². The number of aromatic nitrogens is 2. The molecule has 6 nitrogen and oxygen atoms in total. The van der Waals surface area contributed by atoms with Gasteiger partial charge in [-0.05, 0) is 6.92 Å². The lowest BCUT2D eigenvalue weighted by molar-refractivity contribution is -0.133. The Morgan fingerprint density at radius 3 is 2.94 bits per heavy atom. The summed E-state index contributed by atoms with van der Waals surface area (Å²) in [5.41, 5.74) is 0.893. The molecule has 1 saturated heterocycles. The van der Waals surface area contributed by atoms with Gasteiger partial charge in [-0.2, -0.15) is 0 Å². The number of hydrogen-bond donors (Lipinski definition) is 1. The average molecular weight is 257 g/mol. The van der Waals surface area contributed by atoms with Gasteiger partial charge in [-0.1, -0.05) is 11.8 Å². The van der Waals surface area contributed by atoms with Crippen LogP contribution in [0.4, 0.5) is 0 Å². The van der Waals surface area contributed by atoms with Gasteiger partial charge in [-0.25, -0.2) is 9.66 Å². The highest BCUT2D eigenvalue weighted by Crippen LogP contribution is 2.18. The molecule has 0 saturated carbocycles. The highest BCUT2D eigenvalue weighted by Gasteiger charge is 2.16. The molecule has 0 amide bonds. The van der Waals surface area contributed by atoms with Crippen molar-refractivity contribution >= 4 is 17.7 Å². The molecule has 0 unspecified atom stereocenters. The molecule has 17 heavy (non-hydrogen) atoms. The van der Waals surface area contributed by atoms with Crippen LogP contribution in [0.15, 0.2) is 11.4 Å². The molecule has 1 aliphatic heterocycles. The molecule has 0 radical (unpaired) electrons. The van der Waals surface area contributed by atoms with Crippen molar-refractivity contribution in [3.05, 3.63) is 11.9 Å². The summed E-state index contributed by atoms with van der Waals surface area (Å²) in [4.78, 5) is 14.9. The van der Waals surface area contributed by atoms with Crippen LogP contribution < -0.4 is 5.01 Å². The summed E-state index contributed by atoms with van der Waals surface area (Å²) in [6.07, 6.45) is 1.93. The molecule has 1 fully saturated rings. The molecule has 1 aromatic heterocycles. The van der Waals surface area contributed by atoms with Crippen molar-refractivity contribution in [3.63, 3.8) is 0 Å². The second-order valence-electron chi connectivity index (χ2n) is 3.76. The highest BCUT2D eigenvalue weighted by atomic mass is 32.2. The van der Waals surface area contributed by atoms with Crippen LogP contribution in [-0.2, 0) is 9.53 Å². The van der Waals surface area contributed by atoms with Gasteiger partial charge in [0.25, 0.3) is 0 Å². The van der Waals surface area contributed by atoms with Crippen molar-refractivity contribution in [3.8, 4) is 0 Å². The zero-order valence-corrected chi connectivity index (χ0v) is 10.4. The van der Waals surface area contributed by atoms with Crippen molar-refractivity contribution in [2.24, 2.45) is 0 Å². The predicted octanol–water partition coefficient (Wildman–Crippen LogP) is 0.336. The van der Waals surface area contributed by atoms with Gasteiger partial charge in [0.1, 0.15) is 0 Å². The number of carboxylic acid groups (broad SMARTS) is 1. The number of imidazole rings is 1. The Kier molecular flexibility index (Phi) is 3.90. The van der Waals surface area contributed by atoms with Crippen LogP contribution in [0, 0.1) is 6.92 Å². The lowest BCUT2D eigenvalue weighted by Gasteiger charge is -2.30. The number of thioether (sulfide) groups is 1. The molecule has 0 atom stereocenters. The molecule has 94 valence electrons. The average Bonchev–Trinajstić information content (AvgIpc) is 2.69.